The molecular weight excluding hydrogens is 360 g/mol. The Balaban J connectivity index is 1.26. The Kier molecular flexibility index (Phi) is 5.14. The number of amides is 3. The zero-order valence-corrected chi connectivity index (χ0v) is 15.5. The summed E-state index contributed by atoms with van der Waals surface area (Å²) in [5.41, 5.74) is 0.844. The third-order valence-electron chi connectivity index (χ3n) is 5.45. The number of imide groups is 1. The predicted molar refractivity (Wildman–Crippen MR) is 97.8 cm³/mol. The van der Waals surface area contributed by atoms with Gasteiger partial charge in [0.25, 0.3) is 0 Å². The Labute approximate surface area is 162 Å². The molecule has 1 saturated carbocycles. The van der Waals surface area contributed by atoms with Gasteiger partial charge in [-0.3, -0.25) is 19.3 Å². The molecule has 0 unspecified atom stereocenters. The lowest BCUT2D eigenvalue weighted by Crippen LogP contribution is -2.35. The first kappa shape index (κ1) is 18.3. The number of fused-ring (bicyclic) bond motifs is 1. The molecule has 4 rings (SSSR count). The smallest absolute Gasteiger partial charge is 0.233 e. The summed E-state index contributed by atoms with van der Waals surface area (Å²) in [5, 5.41) is 6.81. The lowest BCUT2D eigenvalue weighted by Gasteiger charge is -2.19. The highest BCUT2D eigenvalue weighted by Gasteiger charge is 2.47. The van der Waals surface area contributed by atoms with Crippen LogP contribution in [0.1, 0.15) is 37.7 Å². The number of pyridine rings is 1. The molecule has 0 spiro atoms. The fraction of sp³-hybridized carbons (Fsp3) is 0.474. The van der Waals surface area contributed by atoms with Gasteiger partial charge in [-0.1, -0.05) is 18.9 Å². The van der Waals surface area contributed by atoms with Gasteiger partial charge in [0.2, 0.25) is 17.7 Å². The van der Waals surface area contributed by atoms with Gasteiger partial charge in [0.15, 0.2) is 5.82 Å². The first-order valence-corrected chi connectivity index (χ1v) is 9.55. The largest absolute Gasteiger partial charge is 0.352 e. The lowest BCUT2D eigenvalue weighted by atomic mass is 9.81. The molecule has 2 fully saturated rings. The van der Waals surface area contributed by atoms with Crippen molar-refractivity contribution in [3.63, 3.8) is 0 Å². The fourth-order valence-electron chi connectivity index (χ4n) is 3.94. The number of hydrogen-bond acceptors (Lipinski definition) is 6. The standard InChI is InChI=1S/C19H22N6O3/c26-17(7-8-24-18(27)14-3-1-2-4-15(14)19(24)28)22-10-13-5-6-16(21-9-13)25-12-20-11-23-25/h5-6,9,11-12,14-15H,1-4,7-8,10H2,(H,22,26)/t14-,15-/m0/s1. The van der Waals surface area contributed by atoms with E-state index in [0.29, 0.717) is 12.4 Å². The van der Waals surface area contributed by atoms with E-state index in [4.69, 9.17) is 0 Å². The molecule has 3 heterocycles. The molecule has 2 atom stereocenters. The minimum absolute atomic E-state index is 0.101. The van der Waals surface area contributed by atoms with E-state index < -0.39 is 0 Å². The number of likely N-dealkylation sites (tertiary alicyclic amines) is 1. The molecule has 0 aromatic carbocycles. The van der Waals surface area contributed by atoms with Crippen LogP contribution in [0.15, 0.2) is 31.0 Å². The minimum Gasteiger partial charge on any atom is -0.352 e. The van der Waals surface area contributed by atoms with E-state index in [2.05, 4.69) is 20.4 Å². The first-order valence-electron chi connectivity index (χ1n) is 9.55. The average Bonchev–Trinajstić information content (AvgIpc) is 3.34. The van der Waals surface area contributed by atoms with Gasteiger partial charge in [-0.25, -0.2) is 14.6 Å². The van der Waals surface area contributed by atoms with Crippen LogP contribution in [0, 0.1) is 11.8 Å². The summed E-state index contributed by atoms with van der Waals surface area (Å²) >= 11 is 0. The van der Waals surface area contributed by atoms with Crippen molar-refractivity contribution in [3.05, 3.63) is 36.5 Å². The zero-order chi connectivity index (χ0) is 19.5. The van der Waals surface area contributed by atoms with Crippen molar-refractivity contribution in [3.8, 4) is 5.82 Å². The van der Waals surface area contributed by atoms with Gasteiger partial charge in [0.1, 0.15) is 12.7 Å². The first-order chi connectivity index (χ1) is 13.6. The summed E-state index contributed by atoms with van der Waals surface area (Å²) in [6.45, 7) is 0.483. The van der Waals surface area contributed by atoms with Crippen molar-refractivity contribution in [2.75, 3.05) is 6.54 Å². The average molecular weight is 382 g/mol. The topological polar surface area (TPSA) is 110 Å². The summed E-state index contributed by atoms with van der Waals surface area (Å²) in [5.74, 6) is -0.0977. The summed E-state index contributed by atoms with van der Waals surface area (Å²) in [6, 6.07) is 3.64. The van der Waals surface area contributed by atoms with Crippen molar-refractivity contribution in [2.24, 2.45) is 11.8 Å². The van der Waals surface area contributed by atoms with Crippen molar-refractivity contribution in [1.82, 2.24) is 30.0 Å². The van der Waals surface area contributed by atoms with Crippen LogP contribution in [0.25, 0.3) is 5.82 Å². The molecule has 3 amide bonds. The molecule has 0 radical (unpaired) electrons. The van der Waals surface area contributed by atoms with E-state index in [9.17, 15) is 14.4 Å². The maximum atomic E-state index is 12.4. The highest BCUT2D eigenvalue weighted by atomic mass is 16.2. The number of carbonyl (C=O) groups excluding carboxylic acids is 3. The lowest BCUT2D eigenvalue weighted by molar-refractivity contribution is -0.140. The maximum absolute atomic E-state index is 12.4. The van der Waals surface area contributed by atoms with Gasteiger partial charge < -0.3 is 5.32 Å². The Morgan fingerprint density at radius 1 is 1.14 bits per heavy atom. The molecule has 2 aromatic rings. The predicted octanol–water partition coefficient (Wildman–Crippen LogP) is 0.844. The molecule has 1 aliphatic carbocycles. The van der Waals surface area contributed by atoms with Crippen molar-refractivity contribution in [1.29, 1.82) is 0 Å². The number of carbonyl (C=O) groups is 3. The van der Waals surface area contributed by atoms with Crippen LogP contribution in [0.3, 0.4) is 0 Å². The van der Waals surface area contributed by atoms with Crippen LogP contribution >= 0.6 is 0 Å². The molecule has 9 heteroatoms. The van der Waals surface area contributed by atoms with Gasteiger partial charge in [-0.15, -0.1) is 0 Å². The van der Waals surface area contributed by atoms with Crippen LogP contribution in [0.4, 0.5) is 0 Å². The van der Waals surface area contributed by atoms with Crippen molar-refractivity contribution in [2.45, 2.75) is 38.6 Å². The second-order valence-corrected chi connectivity index (χ2v) is 7.22. The number of nitrogens with zero attached hydrogens (tertiary/aromatic N) is 5. The molecule has 1 aliphatic heterocycles. The SMILES string of the molecule is O=C(CCN1C(=O)[C@H]2CCCC[C@@H]2C1=O)NCc1ccc(-n2cncn2)nc1. The van der Waals surface area contributed by atoms with Crippen LogP contribution in [0.5, 0.6) is 0 Å². The van der Waals surface area contributed by atoms with Crippen molar-refractivity contribution < 1.29 is 14.4 Å². The molecule has 1 saturated heterocycles. The third kappa shape index (κ3) is 3.64. The molecule has 2 aromatic heterocycles. The van der Waals surface area contributed by atoms with Crippen LogP contribution in [0.2, 0.25) is 0 Å². The molecule has 146 valence electrons. The highest BCUT2D eigenvalue weighted by Crippen LogP contribution is 2.37. The molecule has 1 N–H and O–H groups in total. The second kappa shape index (κ2) is 7.87. The normalized spacial score (nSPS) is 21.6. The van der Waals surface area contributed by atoms with E-state index in [1.54, 1.807) is 23.3 Å². The summed E-state index contributed by atoms with van der Waals surface area (Å²) in [7, 11) is 0. The van der Waals surface area contributed by atoms with E-state index in [1.165, 1.54) is 11.2 Å². The van der Waals surface area contributed by atoms with E-state index in [1.807, 2.05) is 6.07 Å². The molecular formula is C19H22N6O3. The zero-order valence-electron chi connectivity index (χ0n) is 15.5. The number of rotatable bonds is 6. The minimum atomic E-state index is -0.198. The Hall–Kier alpha value is -3.10. The highest BCUT2D eigenvalue weighted by molar-refractivity contribution is 6.05. The second-order valence-electron chi connectivity index (χ2n) is 7.22. The van der Waals surface area contributed by atoms with Gasteiger partial charge in [-0.05, 0) is 24.5 Å². The Morgan fingerprint density at radius 3 is 2.50 bits per heavy atom. The van der Waals surface area contributed by atoms with E-state index in [0.717, 1.165) is 31.2 Å². The summed E-state index contributed by atoms with van der Waals surface area (Å²) < 4.78 is 1.55. The summed E-state index contributed by atoms with van der Waals surface area (Å²) in [6.07, 6.45) is 8.33. The van der Waals surface area contributed by atoms with Gasteiger partial charge >= 0.3 is 0 Å². The monoisotopic (exact) mass is 382 g/mol. The number of hydrogen-bond donors (Lipinski definition) is 1. The van der Waals surface area contributed by atoms with Gasteiger partial charge in [0, 0.05) is 25.7 Å². The van der Waals surface area contributed by atoms with Crippen LogP contribution < -0.4 is 5.32 Å². The third-order valence-corrected chi connectivity index (χ3v) is 5.45. The number of nitrogens with one attached hydrogen (secondary N) is 1. The fourth-order valence-corrected chi connectivity index (χ4v) is 3.94. The summed E-state index contributed by atoms with van der Waals surface area (Å²) in [4.78, 5) is 46.4. The van der Waals surface area contributed by atoms with Crippen molar-refractivity contribution >= 4 is 17.7 Å². The molecule has 28 heavy (non-hydrogen) atoms. The van der Waals surface area contributed by atoms with E-state index >= 15 is 0 Å². The molecule has 9 nitrogen and oxygen atoms in total. The molecule has 2 aliphatic rings. The van der Waals surface area contributed by atoms with Gasteiger partial charge in [0.05, 0.1) is 11.8 Å². The van der Waals surface area contributed by atoms with Crippen LogP contribution in [-0.2, 0) is 20.9 Å². The Morgan fingerprint density at radius 2 is 1.89 bits per heavy atom. The maximum Gasteiger partial charge on any atom is 0.233 e. The quantitative estimate of drug-likeness (QED) is 0.742. The van der Waals surface area contributed by atoms with E-state index in [-0.39, 0.29) is 42.5 Å². The number of aromatic nitrogens is 4. The molecule has 0 bridgehead atoms. The van der Waals surface area contributed by atoms with Crippen LogP contribution in [-0.4, -0.2) is 48.9 Å². The Bertz CT molecular complexity index is 840. The van der Waals surface area contributed by atoms with Gasteiger partial charge in [-0.2, -0.15) is 5.10 Å².